The zero-order valence-corrected chi connectivity index (χ0v) is 28.9. The standard InChI is InChI=1S/C40H52N4/c1-37(2,3)25-13-29-21-30(14-25)42-32-16-27(39(7,8)9)18-34(23-32)44-36-20-28(40(10,11)12)19-35(24-36)43-33-17-26(38(4,5)6)15-31(22-33)41-29/h13-24,41-44H,1-12H3. The molecule has 5 rings (SSSR count). The molecule has 0 atom stereocenters. The van der Waals surface area contributed by atoms with E-state index in [-0.39, 0.29) is 21.7 Å². The van der Waals surface area contributed by atoms with Crippen LogP contribution in [-0.2, 0) is 21.7 Å². The number of fused-ring (bicyclic) bond motifs is 8. The number of hydrogen-bond acceptors (Lipinski definition) is 4. The van der Waals surface area contributed by atoms with Crippen molar-refractivity contribution in [2.75, 3.05) is 21.3 Å². The van der Waals surface area contributed by atoms with Gasteiger partial charge in [0.15, 0.2) is 0 Å². The number of nitrogens with one attached hydrogen (secondary N) is 4. The third-order valence-corrected chi connectivity index (χ3v) is 8.35. The van der Waals surface area contributed by atoms with Crippen LogP contribution in [0.4, 0.5) is 45.5 Å². The molecular formula is C40H52N4. The molecule has 0 saturated heterocycles. The molecular weight excluding hydrogens is 536 g/mol. The summed E-state index contributed by atoms with van der Waals surface area (Å²) >= 11 is 0. The lowest BCUT2D eigenvalue weighted by molar-refractivity contribution is 0.590. The Hall–Kier alpha value is -3.92. The molecule has 1 aliphatic heterocycles. The van der Waals surface area contributed by atoms with Gasteiger partial charge in [0.25, 0.3) is 0 Å². The molecule has 0 saturated carbocycles. The highest BCUT2D eigenvalue weighted by atomic mass is 14.9. The molecule has 4 aromatic carbocycles. The lowest BCUT2D eigenvalue weighted by Crippen LogP contribution is -2.14. The third kappa shape index (κ3) is 7.41. The normalized spacial score (nSPS) is 13.7. The maximum absolute atomic E-state index is 3.78. The van der Waals surface area contributed by atoms with Crippen LogP contribution in [-0.4, -0.2) is 0 Å². The number of benzene rings is 4. The molecule has 44 heavy (non-hydrogen) atoms. The van der Waals surface area contributed by atoms with Crippen molar-refractivity contribution < 1.29 is 0 Å². The lowest BCUT2D eigenvalue weighted by Gasteiger charge is -2.26. The van der Waals surface area contributed by atoms with Crippen molar-refractivity contribution in [1.82, 2.24) is 0 Å². The molecule has 4 heteroatoms. The fourth-order valence-corrected chi connectivity index (χ4v) is 5.49. The molecule has 0 radical (unpaired) electrons. The lowest BCUT2D eigenvalue weighted by atomic mass is 9.85. The molecule has 0 amide bonds. The van der Waals surface area contributed by atoms with Crippen LogP contribution in [0, 0.1) is 0 Å². The van der Waals surface area contributed by atoms with Crippen molar-refractivity contribution in [2.45, 2.75) is 105 Å². The van der Waals surface area contributed by atoms with Crippen molar-refractivity contribution in [3.63, 3.8) is 0 Å². The molecule has 232 valence electrons. The van der Waals surface area contributed by atoms with Gasteiger partial charge in [-0.2, -0.15) is 0 Å². The van der Waals surface area contributed by atoms with Crippen LogP contribution < -0.4 is 21.3 Å². The van der Waals surface area contributed by atoms with Crippen molar-refractivity contribution >= 4 is 45.5 Å². The van der Waals surface area contributed by atoms with Crippen molar-refractivity contribution in [3.05, 3.63) is 95.1 Å². The Morgan fingerprint density at radius 1 is 0.250 bits per heavy atom. The second-order valence-corrected chi connectivity index (χ2v) is 16.7. The van der Waals surface area contributed by atoms with Crippen molar-refractivity contribution in [2.24, 2.45) is 0 Å². The summed E-state index contributed by atoms with van der Waals surface area (Å²) < 4.78 is 0. The van der Waals surface area contributed by atoms with E-state index in [1.807, 2.05) is 0 Å². The molecule has 4 nitrogen and oxygen atoms in total. The Bertz CT molecular complexity index is 1350. The maximum atomic E-state index is 3.78. The van der Waals surface area contributed by atoms with Crippen LogP contribution in [0.5, 0.6) is 0 Å². The SMILES string of the molecule is CC(C)(C)c1cc2cc(c1)Nc1cc(cc(C(C)(C)C)c1)Nc1cc(cc(C(C)(C)C)c1)Nc1cc(cc(C(C)(C)C)c1)N2. The fourth-order valence-electron chi connectivity index (χ4n) is 5.49. The van der Waals surface area contributed by atoms with Gasteiger partial charge in [0.1, 0.15) is 0 Å². The zero-order chi connectivity index (χ0) is 32.2. The van der Waals surface area contributed by atoms with Gasteiger partial charge in [-0.15, -0.1) is 0 Å². The Morgan fingerprint density at radius 2 is 0.386 bits per heavy atom. The van der Waals surface area contributed by atoms with E-state index >= 15 is 0 Å². The van der Waals surface area contributed by atoms with Gasteiger partial charge in [0.2, 0.25) is 0 Å². The van der Waals surface area contributed by atoms with Gasteiger partial charge < -0.3 is 21.3 Å². The van der Waals surface area contributed by atoms with Gasteiger partial charge in [-0.1, -0.05) is 83.1 Å². The number of rotatable bonds is 0. The first-order valence-electron chi connectivity index (χ1n) is 15.9. The molecule has 0 fully saturated rings. The van der Waals surface area contributed by atoms with Crippen LogP contribution in [0.2, 0.25) is 0 Å². The summed E-state index contributed by atoms with van der Waals surface area (Å²) in [6, 6.07) is 27.1. The van der Waals surface area contributed by atoms with E-state index in [1.165, 1.54) is 22.3 Å². The summed E-state index contributed by atoms with van der Waals surface area (Å²) in [4.78, 5) is 0. The second kappa shape index (κ2) is 10.9. The quantitative estimate of drug-likeness (QED) is 0.145. The molecule has 1 aliphatic rings. The van der Waals surface area contributed by atoms with Gasteiger partial charge in [0, 0.05) is 45.5 Å². The summed E-state index contributed by atoms with van der Waals surface area (Å²) in [5.74, 6) is 0. The molecule has 0 aromatic heterocycles. The summed E-state index contributed by atoms with van der Waals surface area (Å²) in [6.45, 7) is 27.2. The van der Waals surface area contributed by atoms with E-state index in [1.54, 1.807) is 0 Å². The zero-order valence-electron chi connectivity index (χ0n) is 28.9. The van der Waals surface area contributed by atoms with Gasteiger partial charge >= 0.3 is 0 Å². The number of hydrogen-bond donors (Lipinski definition) is 4. The van der Waals surface area contributed by atoms with Crippen LogP contribution in [0.15, 0.2) is 72.8 Å². The minimum Gasteiger partial charge on any atom is -0.355 e. The van der Waals surface area contributed by atoms with Crippen LogP contribution >= 0.6 is 0 Å². The first-order chi connectivity index (χ1) is 20.2. The van der Waals surface area contributed by atoms with E-state index in [4.69, 9.17) is 0 Å². The summed E-state index contributed by atoms with van der Waals surface area (Å²) in [5.41, 5.74) is 13.5. The second-order valence-electron chi connectivity index (χ2n) is 16.7. The van der Waals surface area contributed by atoms with Crippen LogP contribution in [0.25, 0.3) is 0 Å². The largest absolute Gasteiger partial charge is 0.355 e. The average molecular weight is 589 g/mol. The van der Waals surface area contributed by atoms with Crippen LogP contribution in [0.3, 0.4) is 0 Å². The Kier molecular flexibility index (Phi) is 7.81. The highest BCUT2D eigenvalue weighted by Gasteiger charge is 2.21. The Labute approximate surface area is 266 Å². The molecule has 0 aliphatic carbocycles. The monoisotopic (exact) mass is 588 g/mol. The predicted molar refractivity (Wildman–Crippen MR) is 194 cm³/mol. The van der Waals surface area contributed by atoms with E-state index in [9.17, 15) is 0 Å². The number of anilines is 8. The summed E-state index contributed by atoms with van der Waals surface area (Å²) in [7, 11) is 0. The molecule has 8 bridgehead atoms. The third-order valence-electron chi connectivity index (χ3n) is 8.35. The first kappa shape index (κ1) is 31.5. The Morgan fingerprint density at radius 3 is 0.500 bits per heavy atom. The van der Waals surface area contributed by atoms with Crippen LogP contribution in [0.1, 0.15) is 105 Å². The minimum atomic E-state index is -0.0115. The molecule has 4 aromatic rings. The molecule has 4 N–H and O–H groups in total. The van der Waals surface area contributed by atoms with Gasteiger partial charge in [0.05, 0.1) is 0 Å². The molecule has 0 spiro atoms. The minimum absolute atomic E-state index is 0.0115. The topological polar surface area (TPSA) is 48.1 Å². The van der Waals surface area contributed by atoms with Crippen molar-refractivity contribution in [3.8, 4) is 0 Å². The molecule has 0 unspecified atom stereocenters. The van der Waals surface area contributed by atoms with E-state index in [2.05, 4.69) is 177 Å². The predicted octanol–water partition coefficient (Wildman–Crippen LogP) is 12.2. The Balaban J connectivity index is 1.76. The average Bonchev–Trinajstić information content (AvgIpc) is 2.85. The molecule has 1 heterocycles. The highest BCUT2D eigenvalue weighted by Crippen LogP contribution is 2.38. The smallest absolute Gasteiger partial charge is 0.0408 e. The van der Waals surface area contributed by atoms with E-state index in [0.717, 1.165) is 45.5 Å². The van der Waals surface area contributed by atoms with E-state index < -0.39 is 0 Å². The van der Waals surface area contributed by atoms with E-state index in [0.29, 0.717) is 0 Å². The van der Waals surface area contributed by atoms with Gasteiger partial charge in [-0.3, -0.25) is 0 Å². The summed E-state index contributed by atoms with van der Waals surface area (Å²) in [5, 5.41) is 15.1. The van der Waals surface area contributed by atoms with Crippen molar-refractivity contribution in [1.29, 1.82) is 0 Å². The van der Waals surface area contributed by atoms with Gasteiger partial charge in [-0.05, 0) is 117 Å². The van der Waals surface area contributed by atoms with Gasteiger partial charge in [-0.25, -0.2) is 0 Å². The highest BCUT2D eigenvalue weighted by molar-refractivity contribution is 5.78. The fraction of sp³-hybridized carbons (Fsp3) is 0.400. The maximum Gasteiger partial charge on any atom is 0.0408 e. The summed E-state index contributed by atoms with van der Waals surface area (Å²) in [6.07, 6.45) is 0. The first-order valence-corrected chi connectivity index (χ1v) is 15.9.